The minimum atomic E-state index is -0.933. The largest absolute Gasteiger partial charge is 0.385 e. The molecule has 1 aliphatic rings. The molecule has 0 aromatic carbocycles. The predicted molar refractivity (Wildman–Crippen MR) is 75.6 cm³/mol. The molecule has 2 rings (SSSR count). The maximum absolute atomic E-state index is 10.1. The molecule has 0 spiro atoms. The molecule has 0 aliphatic carbocycles. The van der Waals surface area contributed by atoms with E-state index in [1.54, 1.807) is 0 Å². The molecular formula is C13H20N6O. The van der Waals surface area contributed by atoms with Crippen LogP contribution in [0.2, 0.25) is 0 Å². The Balaban J connectivity index is 2.23. The smallest absolute Gasteiger partial charge is 0.230 e. The lowest BCUT2D eigenvalue weighted by molar-refractivity contribution is 0.0156. The first-order chi connectivity index (χ1) is 9.34. The van der Waals surface area contributed by atoms with Crippen LogP contribution < -0.4 is 9.80 Å². The van der Waals surface area contributed by atoms with E-state index in [1.165, 1.54) is 0 Å². The highest BCUT2D eigenvalue weighted by atomic mass is 16.3. The third kappa shape index (κ3) is 2.80. The molecule has 0 saturated carbocycles. The highest BCUT2D eigenvalue weighted by Gasteiger charge is 2.42. The number of hydrogen-bond acceptors (Lipinski definition) is 7. The van der Waals surface area contributed by atoms with Crippen molar-refractivity contribution < 1.29 is 5.11 Å². The third-order valence-electron chi connectivity index (χ3n) is 3.21. The number of aromatic nitrogens is 3. The van der Waals surface area contributed by atoms with E-state index < -0.39 is 5.60 Å². The summed E-state index contributed by atoms with van der Waals surface area (Å²) in [6.07, 6.45) is 0.131. The minimum Gasteiger partial charge on any atom is -0.385 e. The van der Waals surface area contributed by atoms with Gasteiger partial charge in [0.25, 0.3) is 0 Å². The van der Waals surface area contributed by atoms with E-state index in [2.05, 4.69) is 15.0 Å². The van der Waals surface area contributed by atoms with Crippen molar-refractivity contribution in [2.24, 2.45) is 0 Å². The minimum absolute atomic E-state index is 0.131. The molecule has 1 aliphatic heterocycles. The molecule has 0 radical (unpaired) electrons. The summed E-state index contributed by atoms with van der Waals surface area (Å²) in [7, 11) is 3.76. The zero-order valence-corrected chi connectivity index (χ0v) is 12.3. The Hall–Kier alpha value is -1.94. The normalized spacial score (nSPS) is 16.8. The lowest BCUT2D eigenvalue weighted by Crippen LogP contribution is -2.62. The fraction of sp³-hybridized carbons (Fsp3) is 0.692. The average Bonchev–Trinajstić information content (AvgIpc) is 2.35. The molecule has 108 valence electrons. The van der Waals surface area contributed by atoms with Crippen LogP contribution in [0.25, 0.3) is 0 Å². The average molecular weight is 276 g/mol. The van der Waals surface area contributed by atoms with Gasteiger partial charge in [0.15, 0.2) is 0 Å². The van der Waals surface area contributed by atoms with Crippen molar-refractivity contribution in [2.45, 2.75) is 31.8 Å². The molecule has 1 aromatic rings. The van der Waals surface area contributed by atoms with Crippen molar-refractivity contribution in [1.29, 1.82) is 5.26 Å². The van der Waals surface area contributed by atoms with Gasteiger partial charge in [-0.2, -0.15) is 20.2 Å². The Labute approximate surface area is 118 Å². The van der Waals surface area contributed by atoms with Gasteiger partial charge >= 0.3 is 0 Å². The fourth-order valence-corrected chi connectivity index (χ4v) is 2.03. The summed E-state index contributed by atoms with van der Waals surface area (Å²) in [5.74, 6) is 2.11. The van der Waals surface area contributed by atoms with E-state index in [0.29, 0.717) is 25.0 Å². The second-order valence-electron chi connectivity index (χ2n) is 5.76. The molecule has 20 heavy (non-hydrogen) atoms. The first-order valence-corrected chi connectivity index (χ1v) is 6.62. The molecule has 0 unspecified atom stereocenters. The number of nitrogens with zero attached hydrogens (tertiary/aromatic N) is 6. The van der Waals surface area contributed by atoms with Gasteiger partial charge in [-0.3, -0.25) is 0 Å². The second-order valence-corrected chi connectivity index (χ2v) is 5.76. The zero-order chi connectivity index (χ0) is 14.9. The molecule has 0 amide bonds. The summed E-state index contributed by atoms with van der Waals surface area (Å²) in [6, 6.07) is 2.00. The van der Waals surface area contributed by atoms with Crippen LogP contribution in [0.15, 0.2) is 0 Å². The molecule has 1 N–H and O–H groups in total. The van der Waals surface area contributed by atoms with Gasteiger partial charge in [0, 0.05) is 20.0 Å². The standard InChI is InChI=1S/C13H20N6O/c1-9(2)10-15-11(18(3)4)17-12(16-10)19-7-13(20,8-19)5-6-14/h9,20H,5,7-8H2,1-4H3. The number of hydrogen-bond donors (Lipinski definition) is 1. The zero-order valence-electron chi connectivity index (χ0n) is 12.3. The number of nitriles is 1. The van der Waals surface area contributed by atoms with Crippen LogP contribution in [0.3, 0.4) is 0 Å². The van der Waals surface area contributed by atoms with Crippen molar-refractivity contribution in [3.05, 3.63) is 5.82 Å². The van der Waals surface area contributed by atoms with Crippen molar-refractivity contribution in [1.82, 2.24) is 15.0 Å². The van der Waals surface area contributed by atoms with Gasteiger partial charge in [0.05, 0.1) is 25.6 Å². The fourth-order valence-electron chi connectivity index (χ4n) is 2.03. The molecule has 7 nitrogen and oxygen atoms in total. The predicted octanol–water partition coefficient (Wildman–Crippen LogP) is 0.526. The third-order valence-corrected chi connectivity index (χ3v) is 3.21. The van der Waals surface area contributed by atoms with Gasteiger partial charge in [-0.15, -0.1) is 0 Å². The van der Waals surface area contributed by atoms with Crippen molar-refractivity contribution in [2.75, 3.05) is 37.0 Å². The quantitative estimate of drug-likeness (QED) is 0.857. The van der Waals surface area contributed by atoms with Gasteiger partial charge in [-0.25, -0.2) is 0 Å². The van der Waals surface area contributed by atoms with Crippen LogP contribution in [0, 0.1) is 11.3 Å². The number of aliphatic hydroxyl groups is 1. The Morgan fingerprint density at radius 3 is 2.50 bits per heavy atom. The van der Waals surface area contributed by atoms with Crippen LogP contribution in [-0.2, 0) is 0 Å². The molecule has 1 fully saturated rings. The van der Waals surface area contributed by atoms with Gasteiger partial charge < -0.3 is 14.9 Å². The van der Waals surface area contributed by atoms with E-state index in [0.717, 1.165) is 5.82 Å². The lowest BCUT2D eigenvalue weighted by atomic mass is 9.91. The van der Waals surface area contributed by atoms with Crippen molar-refractivity contribution >= 4 is 11.9 Å². The molecular weight excluding hydrogens is 256 g/mol. The topological polar surface area (TPSA) is 89.2 Å². The summed E-state index contributed by atoms with van der Waals surface area (Å²) < 4.78 is 0. The molecule has 2 heterocycles. The summed E-state index contributed by atoms with van der Waals surface area (Å²) in [5.41, 5.74) is -0.933. The Bertz CT molecular complexity index is 504. The number of β-amino-alcohol motifs (C(OH)–C–C–N with tert-alkyl or cyclic N) is 1. The van der Waals surface area contributed by atoms with E-state index in [-0.39, 0.29) is 12.3 Å². The molecule has 0 bridgehead atoms. The van der Waals surface area contributed by atoms with Crippen LogP contribution in [0.4, 0.5) is 11.9 Å². The lowest BCUT2D eigenvalue weighted by Gasteiger charge is -2.45. The molecule has 0 atom stereocenters. The van der Waals surface area contributed by atoms with E-state index >= 15 is 0 Å². The molecule has 1 saturated heterocycles. The monoisotopic (exact) mass is 276 g/mol. The van der Waals surface area contributed by atoms with E-state index in [4.69, 9.17) is 5.26 Å². The Morgan fingerprint density at radius 2 is 2.00 bits per heavy atom. The first-order valence-electron chi connectivity index (χ1n) is 6.62. The van der Waals surface area contributed by atoms with Crippen LogP contribution in [0.1, 0.15) is 32.0 Å². The van der Waals surface area contributed by atoms with E-state index in [1.807, 2.05) is 43.8 Å². The summed E-state index contributed by atoms with van der Waals surface area (Å²) in [6.45, 7) is 4.82. The van der Waals surface area contributed by atoms with Crippen LogP contribution in [-0.4, -0.2) is 52.8 Å². The van der Waals surface area contributed by atoms with Crippen LogP contribution >= 0.6 is 0 Å². The maximum atomic E-state index is 10.1. The molecule has 1 aromatic heterocycles. The Kier molecular flexibility index (Phi) is 3.77. The van der Waals surface area contributed by atoms with Crippen molar-refractivity contribution in [3.8, 4) is 6.07 Å². The number of anilines is 2. The maximum Gasteiger partial charge on any atom is 0.230 e. The summed E-state index contributed by atoms with van der Waals surface area (Å²) in [5, 5.41) is 18.7. The number of rotatable bonds is 4. The van der Waals surface area contributed by atoms with Gasteiger partial charge in [0.2, 0.25) is 11.9 Å². The van der Waals surface area contributed by atoms with Gasteiger partial charge in [-0.1, -0.05) is 13.8 Å². The van der Waals surface area contributed by atoms with Crippen LogP contribution in [0.5, 0.6) is 0 Å². The van der Waals surface area contributed by atoms with E-state index in [9.17, 15) is 5.11 Å². The first kappa shape index (κ1) is 14.5. The molecule has 7 heteroatoms. The summed E-state index contributed by atoms with van der Waals surface area (Å²) in [4.78, 5) is 17.0. The highest BCUT2D eigenvalue weighted by Crippen LogP contribution is 2.28. The van der Waals surface area contributed by atoms with Crippen molar-refractivity contribution in [3.63, 3.8) is 0 Å². The summed E-state index contributed by atoms with van der Waals surface area (Å²) >= 11 is 0. The Morgan fingerprint density at radius 1 is 1.35 bits per heavy atom. The second kappa shape index (κ2) is 5.21. The SMILES string of the molecule is CC(C)c1nc(N(C)C)nc(N2CC(O)(CC#N)C2)n1. The van der Waals surface area contributed by atoms with Gasteiger partial charge in [0.1, 0.15) is 11.4 Å². The highest BCUT2D eigenvalue weighted by molar-refractivity contribution is 5.43. The van der Waals surface area contributed by atoms with Gasteiger partial charge in [-0.05, 0) is 0 Å².